The zero-order valence-electron chi connectivity index (χ0n) is 14.7. The molecule has 3 rings (SSSR count). The summed E-state index contributed by atoms with van der Waals surface area (Å²) in [5, 5.41) is 20.8. The summed E-state index contributed by atoms with van der Waals surface area (Å²) in [6.07, 6.45) is 1.48. The maximum atomic E-state index is 12.7. The van der Waals surface area contributed by atoms with E-state index >= 15 is 0 Å². The van der Waals surface area contributed by atoms with Gasteiger partial charge in [0.1, 0.15) is 11.6 Å². The summed E-state index contributed by atoms with van der Waals surface area (Å²) >= 11 is 11.9. The van der Waals surface area contributed by atoms with Crippen LogP contribution in [0.2, 0.25) is 10.0 Å². The molecule has 0 amide bonds. The number of aromatic nitrogens is 1. The lowest BCUT2D eigenvalue weighted by molar-refractivity contribution is 0.379. The van der Waals surface area contributed by atoms with Crippen LogP contribution < -0.4 is 5.56 Å². The number of nitrogens with zero attached hydrogens (tertiary/aromatic N) is 3. The number of aromatic hydroxyl groups is 1. The molecular formula is C18H15Cl2N3O4S. The third kappa shape index (κ3) is 3.78. The first-order chi connectivity index (χ1) is 13.1. The van der Waals surface area contributed by atoms with Crippen LogP contribution in [0.5, 0.6) is 5.88 Å². The highest BCUT2D eigenvalue weighted by molar-refractivity contribution is 7.91. The summed E-state index contributed by atoms with van der Waals surface area (Å²) in [6, 6.07) is 5.78. The zero-order valence-corrected chi connectivity index (χ0v) is 17.0. The minimum Gasteiger partial charge on any atom is -0.494 e. The van der Waals surface area contributed by atoms with Crippen LogP contribution in [-0.2, 0) is 9.84 Å². The first-order valence-corrected chi connectivity index (χ1v) is 10.8. The van der Waals surface area contributed by atoms with Gasteiger partial charge in [0.15, 0.2) is 9.84 Å². The summed E-state index contributed by atoms with van der Waals surface area (Å²) in [7, 11) is -3.30. The van der Waals surface area contributed by atoms with Gasteiger partial charge in [0.25, 0.3) is 5.56 Å². The van der Waals surface area contributed by atoms with E-state index in [-0.39, 0.29) is 39.6 Å². The molecule has 2 aromatic rings. The van der Waals surface area contributed by atoms with Crippen LogP contribution in [0.3, 0.4) is 0 Å². The standard InChI is InChI=1S/C18H15Cl2N3O4S/c1-10-13(7-21)17(24)23(12-4-5-28(26,27)9-12)18(25)14(10)8-22-16-3-2-11(19)6-15(16)20/h2-3,6,8,12,25H,4-5,9H2,1H3. The van der Waals surface area contributed by atoms with Gasteiger partial charge in [0.05, 0.1) is 33.8 Å². The Balaban J connectivity index is 2.16. The van der Waals surface area contributed by atoms with E-state index in [1.807, 2.05) is 6.07 Å². The van der Waals surface area contributed by atoms with E-state index in [1.165, 1.54) is 19.2 Å². The number of hydrogen-bond donors (Lipinski definition) is 1. The predicted molar refractivity (Wildman–Crippen MR) is 108 cm³/mol. The Bertz CT molecular complexity index is 1200. The minimum atomic E-state index is -3.30. The molecule has 1 N–H and O–H groups in total. The van der Waals surface area contributed by atoms with E-state index in [0.717, 1.165) is 4.57 Å². The molecule has 0 bridgehead atoms. The van der Waals surface area contributed by atoms with Crippen molar-refractivity contribution in [2.75, 3.05) is 11.5 Å². The van der Waals surface area contributed by atoms with Crippen LogP contribution in [0.25, 0.3) is 0 Å². The summed E-state index contributed by atoms with van der Waals surface area (Å²) in [5.74, 6) is -0.783. The molecule has 2 heterocycles. The molecule has 10 heteroatoms. The van der Waals surface area contributed by atoms with Gasteiger partial charge in [-0.05, 0) is 37.1 Å². The Morgan fingerprint density at radius 1 is 1.39 bits per heavy atom. The van der Waals surface area contributed by atoms with Gasteiger partial charge < -0.3 is 5.11 Å². The van der Waals surface area contributed by atoms with E-state index in [1.54, 1.807) is 12.1 Å². The molecule has 1 unspecified atom stereocenters. The third-order valence-corrected chi connectivity index (χ3v) is 6.90. The van der Waals surface area contributed by atoms with Crippen molar-refractivity contribution >= 4 is 44.9 Å². The number of halogens is 2. The van der Waals surface area contributed by atoms with Gasteiger partial charge in [-0.3, -0.25) is 14.4 Å². The summed E-state index contributed by atoms with van der Waals surface area (Å²) in [6.45, 7) is 1.51. The minimum absolute atomic E-state index is 0.0802. The van der Waals surface area contributed by atoms with Crippen molar-refractivity contribution in [3.05, 3.63) is 55.3 Å². The van der Waals surface area contributed by atoms with Crippen molar-refractivity contribution in [1.82, 2.24) is 4.57 Å². The van der Waals surface area contributed by atoms with Crippen LogP contribution >= 0.6 is 23.2 Å². The SMILES string of the molecule is Cc1c(C=Nc2ccc(Cl)cc2Cl)c(O)n(C2CCS(=O)(=O)C2)c(=O)c1C#N. The fourth-order valence-corrected chi connectivity index (χ4v) is 5.29. The monoisotopic (exact) mass is 439 g/mol. The van der Waals surface area contributed by atoms with Crippen LogP contribution in [0.4, 0.5) is 5.69 Å². The van der Waals surface area contributed by atoms with Crippen LogP contribution in [-0.4, -0.2) is 35.8 Å². The summed E-state index contributed by atoms with van der Waals surface area (Å²) in [4.78, 5) is 16.9. The lowest BCUT2D eigenvalue weighted by Crippen LogP contribution is -2.29. The molecule has 1 aromatic carbocycles. The van der Waals surface area contributed by atoms with Crippen LogP contribution in [0.1, 0.15) is 29.2 Å². The first-order valence-electron chi connectivity index (χ1n) is 8.22. The van der Waals surface area contributed by atoms with Crippen molar-refractivity contribution in [1.29, 1.82) is 5.26 Å². The summed E-state index contributed by atoms with van der Waals surface area (Å²) in [5.41, 5.74) is -0.126. The molecule has 1 saturated heterocycles. The largest absolute Gasteiger partial charge is 0.494 e. The quantitative estimate of drug-likeness (QED) is 0.737. The second-order valence-corrected chi connectivity index (χ2v) is 9.51. The van der Waals surface area contributed by atoms with Crippen molar-refractivity contribution in [3.63, 3.8) is 0 Å². The molecule has 1 aliphatic heterocycles. The van der Waals surface area contributed by atoms with Crippen LogP contribution in [0.15, 0.2) is 28.0 Å². The van der Waals surface area contributed by atoms with E-state index in [0.29, 0.717) is 10.7 Å². The van der Waals surface area contributed by atoms with Crippen LogP contribution in [0, 0.1) is 18.3 Å². The van der Waals surface area contributed by atoms with Crippen molar-refractivity contribution < 1.29 is 13.5 Å². The number of nitriles is 1. The van der Waals surface area contributed by atoms with Crippen molar-refractivity contribution in [2.24, 2.45) is 4.99 Å². The average Bonchev–Trinajstić information content (AvgIpc) is 2.96. The Hall–Kier alpha value is -2.34. The number of pyridine rings is 1. The molecule has 146 valence electrons. The molecule has 0 saturated carbocycles. The number of benzene rings is 1. The van der Waals surface area contributed by atoms with E-state index in [9.17, 15) is 23.6 Å². The number of aliphatic imine (C=N–C) groups is 1. The molecule has 28 heavy (non-hydrogen) atoms. The Kier molecular flexibility index (Phi) is 5.53. The number of rotatable bonds is 3. The molecule has 1 aliphatic rings. The molecule has 1 atom stereocenters. The first kappa shape index (κ1) is 20.4. The second-order valence-electron chi connectivity index (χ2n) is 6.44. The maximum Gasteiger partial charge on any atom is 0.271 e. The molecule has 1 fully saturated rings. The highest BCUT2D eigenvalue weighted by Gasteiger charge is 2.33. The normalized spacial score (nSPS) is 18.4. The van der Waals surface area contributed by atoms with Gasteiger partial charge in [-0.15, -0.1) is 0 Å². The summed E-state index contributed by atoms with van der Waals surface area (Å²) < 4.78 is 24.6. The fraction of sp³-hybridized carbons (Fsp3) is 0.278. The van der Waals surface area contributed by atoms with Crippen molar-refractivity contribution in [2.45, 2.75) is 19.4 Å². The molecule has 0 radical (unpaired) electrons. The van der Waals surface area contributed by atoms with Gasteiger partial charge in [-0.2, -0.15) is 5.26 Å². The average molecular weight is 440 g/mol. The fourth-order valence-electron chi connectivity index (χ4n) is 3.13. The van der Waals surface area contributed by atoms with Gasteiger partial charge >= 0.3 is 0 Å². The van der Waals surface area contributed by atoms with E-state index < -0.39 is 27.3 Å². The number of sulfone groups is 1. The predicted octanol–water partition coefficient (Wildman–Crippen LogP) is 3.15. The third-order valence-electron chi connectivity index (χ3n) is 4.61. The van der Waals surface area contributed by atoms with Gasteiger partial charge in [0.2, 0.25) is 5.88 Å². The smallest absolute Gasteiger partial charge is 0.271 e. The number of hydrogen-bond acceptors (Lipinski definition) is 6. The molecule has 0 spiro atoms. The lowest BCUT2D eigenvalue weighted by atomic mass is 10.0. The highest BCUT2D eigenvalue weighted by atomic mass is 35.5. The van der Waals surface area contributed by atoms with Gasteiger partial charge in [0, 0.05) is 11.2 Å². The van der Waals surface area contributed by atoms with E-state index in [2.05, 4.69) is 4.99 Å². The zero-order chi connectivity index (χ0) is 20.6. The van der Waals surface area contributed by atoms with Gasteiger partial charge in [-0.1, -0.05) is 23.2 Å². The van der Waals surface area contributed by atoms with Crippen molar-refractivity contribution in [3.8, 4) is 11.9 Å². The molecular weight excluding hydrogens is 425 g/mol. The topological polar surface area (TPSA) is 113 Å². The Labute approximate surface area is 171 Å². The Morgan fingerprint density at radius 2 is 2.11 bits per heavy atom. The second kappa shape index (κ2) is 7.59. The molecule has 7 nitrogen and oxygen atoms in total. The Morgan fingerprint density at radius 3 is 2.68 bits per heavy atom. The maximum absolute atomic E-state index is 12.7. The highest BCUT2D eigenvalue weighted by Crippen LogP contribution is 2.31. The lowest BCUT2D eigenvalue weighted by Gasteiger charge is -2.18. The molecule has 1 aromatic heterocycles. The van der Waals surface area contributed by atoms with Gasteiger partial charge in [-0.25, -0.2) is 8.42 Å². The van der Waals surface area contributed by atoms with E-state index in [4.69, 9.17) is 23.2 Å². The molecule has 0 aliphatic carbocycles.